The van der Waals surface area contributed by atoms with E-state index in [0.29, 0.717) is 17.7 Å². The van der Waals surface area contributed by atoms with Crippen molar-refractivity contribution in [1.82, 2.24) is 0 Å². The van der Waals surface area contributed by atoms with Gasteiger partial charge in [-0.1, -0.05) is 15.9 Å². The van der Waals surface area contributed by atoms with Crippen molar-refractivity contribution in [2.45, 2.75) is 13.3 Å². The number of amides is 2. The molecule has 2 aromatic rings. The molecule has 3 rings (SSSR count). The molecule has 2 N–H and O–H groups in total. The van der Waals surface area contributed by atoms with Crippen molar-refractivity contribution in [2.75, 3.05) is 10.6 Å². The van der Waals surface area contributed by atoms with Crippen molar-refractivity contribution in [2.24, 2.45) is 11.8 Å². The van der Waals surface area contributed by atoms with Gasteiger partial charge in [0.1, 0.15) is 0 Å². The van der Waals surface area contributed by atoms with Crippen LogP contribution in [0, 0.1) is 30.1 Å². The molecule has 2 unspecified atom stereocenters. The van der Waals surface area contributed by atoms with Crippen molar-refractivity contribution in [1.29, 1.82) is 5.26 Å². The lowest BCUT2D eigenvalue weighted by Crippen LogP contribution is -2.20. The van der Waals surface area contributed by atoms with Crippen molar-refractivity contribution >= 4 is 39.1 Å². The van der Waals surface area contributed by atoms with Crippen LogP contribution in [0.2, 0.25) is 0 Å². The highest BCUT2D eigenvalue weighted by Crippen LogP contribution is 2.40. The molecule has 0 saturated heterocycles. The molecule has 0 spiro atoms. The number of hydrogen-bond acceptors (Lipinski definition) is 3. The molecule has 1 saturated carbocycles. The van der Waals surface area contributed by atoms with Gasteiger partial charge in [0.2, 0.25) is 11.8 Å². The topological polar surface area (TPSA) is 82.0 Å². The Morgan fingerprint density at radius 2 is 1.60 bits per heavy atom. The molecule has 1 aliphatic carbocycles. The van der Waals surface area contributed by atoms with Gasteiger partial charge in [0.25, 0.3) is 0 Å². The SMILES string of the molecule is Cc1cc(NC(=O)C2CC2C(=O)Nc2ccc(C#N)cc2)ccc1Br. The lowest BCUT2D eigenvalue weighted by Gasteiger charge is -2.07. The molecule has 1 aliphatic rings. The van der Waals surface area contributed by atoms with Gasteiger partial charge in [0, 0.05) is 15.8 Å². The number of nitriles is 1. The van der Waals surface area contributed by atoms with Crippen LogP contribution in [-0.4, -0.2) is 11.8 Å². The number of aryl methyl sites for hydroxylation is 1. The molecule has 0 radical (unpaired) electrons. The molecule has 0 aliphatic heterocycles. The van der Waals surface area contributed by atoms with Gasteiger partial charge in [-0.05, 0) is 61.4 Å². The van der Waals surface area contributed by atoms with Crippen LogP contribution in [0.5, 0.6) is 0 Å². The smallest absolute Gasteiger partial charge is 0.228 e. The molecule has 1 fully saturated rings. The van der Waals surface area contributed by atoms with E-state index in [9.17, 15) is 9.59 Å². The molecular weight excluding hydrogens is 382 g/mol. The summed E-state index contributed by atoms with van der Waals surface area (Å²) < 4.78 is 0.983. The number of benzene rings is 2. The largest absolute Gasteiger partial charge is 0.326 e. The minimum absolute atomic E-state index is 0.137. The monoisotopic (exact) mass is 397 g/mol. The van der Waals surface area contributed by atoms with E-state index in [0.717, 1.165) is 15.7 Å². The van der Waals surface area contributed by atoms with Gasteiger partial charge in [0.15, 0.2) is 0 Å². The predicted molar refractivity (Wildman–Crippen MR) is 98.9 cm³/mol. The van der Waals surface area contributed by atoms with E-state index in [1.807, 2.05) is 31.2 Å². The van der Waals surface area contributed by atoms with Crippen LogP contribution in [-0.2, 0) is 9.59 Å². The third kappa shape index (κ3) is 4.06. The molecule has 0 heterocycles. The number of carbonyl (C=O) groups is 2. The Morgan fingerprint density at radius 1 is 1.04 bits per heavy atom. The Bertz CT molecular complexity index is 871. The Balaban J connectivity index is 1.55. The number of nitrogens with one attached hydrogen (secondary N) is 2. The summed E-state index contributed by atoms with van der Waals surface area (Å²) in [5.74, 6) is -0.923. The number of rotatable bonds is 4. The fraction of sp³-hybridized carbons (Fsp3) is 0.211. The predicted octanol–water partition coefficient (Wildman–Crippen LogP) is 3.84. The zero-order valence-corrected chi connectivity index (χ0v) is 15.1. The Kier molecular flexibility index (Phi) is 4.86. The first-order chi connectivity index (χ1) is 12.0. The summed E-state index contributed by atoms with van der Waals surface area (Å²) in [6.45, 7) is 1.95. The maximum absolute atomic E-state index is 12.3. The number of nitrogens with zero attached hydrogens (tertiary/aromatic N) is 1. The molecule has 6 heteroatoms. The van der Waals surface area contributed by atoms with Crippen LogP contribution < -0.4 is 10.6 Å². The number of carbonyl (C=O) groups excluding carboxylic acids is 2. The normalized spacial score (nSPS) is 18.1. The van der Waals surface area contributed by atoms with Crippen molar-refractivity contribution in [3.63, 3.8) is 0 Å². The number of anilines is 2. The van der Waals surface area contributed by atoms with Crippen LogP contribution >= 0.6 is 15.9 Å². The van der Waals surface area contributed by atoms with Crippen LogP contribution in [0.3, 0.4) is 0 Å². The maximum atomic E-state index is 12.3. The second-order valence-electron chi connectivity index (χ2n) is 6.08. The van der Waals surface area contributed by atoms with Gasteiger partial charge in [-0.25, -0.2) is 0 Å². The Labute approximate surface area is 154 Å². The average molecular weight is 398 g/mol. The summed E-state index contributed by atoms with van der Waals surface area (Å²) in [6.07, 6.45) is 0.545. The molecule has 25 heavy (non-hydrogen) atoms. The minimum atomic E-state index is -0.313. The lowest BCUT2D eigenvalue weighted by atomic mass is 10.2. The molecular formula is C19H16BrN3O2. The van der Waals surface area contributed by atoms with E-state index < -0.39 is 0 Å². The summed E-state index contributed by atoms with van der Waals surface area (Å²) >= 11 is 3.42. The quantitative estimate of drug-likeness (QED) is 0.821. The van der Waals surface area contributed by atoms with E-state index in [1.54, 1.807) is 24.3 Å². The third-order valence-corrected chi connectivity index (χ3v) is 5.06. The first-order valence-corrected chi connectivity index (χ1v) is 8.65. The summed E-state index contributed by atoms with van der Waals surface area (Å²) in [5.41, 5.74) is 2.91. The highest BCUT2D eigenvalue weighted by Gasteiger charge is 2.48. The second kappa shape index (κ2) is 7.08. The Hall–Kier alpha value is -2.65. The average Bonchev–Trinajstić information content (AvgIpc) is 3.40. The zero-order valence-electron chi connectivity index (χ0n) is 13.5. The van der Waals surface area contributed by atoms with Gasteiger partial charge >= 0.3 is 0 Å². The third-order valence-electron chi connectivity index (χ3n) is 4.17. The molecule has 0 aromatic heterocycles. The Morgan fingerprint density at radius 3 is 2.16 bits per heavy atom. The van der Waals surface area contributed by atoms with Crippen LogP contribution in [0.25, 0.3) is 0 Å². The summed E-state index contributed by atoms with van der Waals surface area (Å²) in [4.78, 5) is 24.5. The standard InChI is InChI=1S/C19H16BrN3O2/c1-11-8-14(6-7-17(11)20)23-19(25)16-9-15(16)18(24)22-13-4-2-12(10-21)3-5-13/h2-8,15-16H,9H2,1H3,(H,22,24)(H,23,25). The van der Waals surface area contributed by atoms with Gasteiger partial charge < -0.3 is 10.6 Å². The van der Waals surface area contributed by atoms with Crippen LogP contribution in [0.1, 0.15) is 17.5 Å². The van der Waals surface area contributed by atoms with E-state index in [2.05, 4.69) is 26.6 Å². The van der Waals surface area contributed by atoms with Gasteiger partial charge in [-0.3, -0.25) is 9.59 Å². The van der Waals surface area contributed by atoms with Crippen molar-refractivity contribution in [3.05, 3.63) is 58.1 Å². The van der Waals surface area contributed by atoms with Crippen LogP contribution in [0.4, 0.5) is 11.4 Å². The molecule has 2 amide bonds. The molecule has 5 nitrogen and oxygen atoms in total. The molecule has 2 aromatic carbocycles. The lowest BCUT2D eigenvalue weighted by molar-refractivity contribution is -0.122. The minimum Gasteiger partial charge on any atom is -0.326 e. The van der Waals surface area contributed by atoms with Crippen molar-refractivity contribution < 1.29 is 9.59 Å². The van der Waals surface area contributed by atoms with E-state index in [1.165, 1.54) is 0 Å². The first kappa shape index (κ1) is 17.2. The highest BCUT2D eigenvalue weighted by atomic mass is 79.9. The van der Waals surface area contributed by atoms with Gasteiger partial charge in [0.05, 0.1) is 23.5 Å². The van der Waals surface area contributed by atoms with E-state index in [4.69, 9.17) is 5.26 Å². The van der Waals surface area contributed by atoms with E-state index >= 15 is 0 Å². The molecule has 2 atom stereocenters. The second-order valence-corrected chi connectivity index (χ2v) is 6.93. The first-order valence-electron chi connectivity index (χ1n) is 7.86. The highest BCUT2D eigenvalue weighted by molar-refractivity contribution is 9.10. The number of hydrogen-bond donors (Lipinski definition) is 2. The van der Waals surface area contributed by atoms with E-state index in [-0.39, 0.29) is 23.7 Å². The zero-order chi connectivity index (χ0) is 18.0. The molecule has 0 bridgehead atoms. The fourth-order valence-corrected chi connectivity index (χ4v) is 2.84. The van der Waals surface area contributed by atoms with Crippen LogP contribution in [0.15, 0.2) is 46.9 Å². The summed E-state index contributed by atoms with van der Waals surface area (Å²) in [7, 11) is 0. The molecule has 126 valence electrons. The van der Waals surface area contributed by atoms with Gasteiger partial charge in [-0.2, -0.15) is 5.26 Å². The fourth-order valence-electron chi connectivity index (χ4n) is 2.59. The maximum Gasteiger partial charge on any atom is 0.228 e. The summed E-state index contributed by atoms with van der Waals surface area (Å²) in [6, 6.07) is 14.3. The van der Waals surface area contributed by atoms with Crippen molar-refractivity contribution in [3.8, 4) is 6.07 Å². The summed E-state index contributed by atoms with van der Waals surface area (Å²) in [5, 5.41) is 14.4. The number of halogens is 1. The van der Waals surface area contributed by atoms with Gasteiger partial charge in [-0.15, -0.1) is 0 Å².